The topological polar surface area (TPSA) is 131 Å². The van der Waals surface area contributed by atoms with Crippen LogP contribution < -0.4 is 10.6 Å². The lowest BCUT2D eigenvalue weighted by Gasteiger charge is -2.31. The van der Waals surface area contributed by atoms with Crippen molar-refractivity contribution in [2.75, 3.05) is 5.32 Å². The number of furan rings is 1. The lowest BCUT2D eigenvalue weighted by Crippen LogP contribution is -2.46. The van der Waals surface area contributed by atoms with Crippen LogP contribution in [0.5, 0.6) is 0 Å². The summed E-state index contributed by atoms with van der Waals surface area (Å²) in [6.07, 6.45) is 8.51. The largest absolute Gasteiger partial charge is 0.467 e. The smallest absolute Gasteiger partial charge is 0.247 e. The predicted octanol–water partition coefficient (Wildman–Crippen LogP) is 3.52. The molecule has 0 saturated heterocycles. The zero-order valence-corrected chi connectivity index (χ0v) is 19.6. The molecule has 1 aliphatic carbocycles. The van der Waals surface area contributed by atoms with E-state index in [0.29, 0.717) is 17.1 Å². The van der Waals surface area contributed by atoms with Gasteiger partial charge in [0.15, 0.2) is 5.82 Å². The monoisotopic (exact) mass is 479 g/mol. The molecule has 1 atom stereocenters. The van der Waals surface area contributed by atoms with Crippen LogP contribution in [-0.2, 0) is 20.9 Å². The summed E-state index contributed by atoms with van der Waals surface area (Å²) in [5.74, 6) is 0.406. The van der Waals surface area contributed by atoms with Crippen LogP contribution >= 0.6 is 0 Å². The normalized spacial score (nSPS) is 14.4. The summed E-state index contributed by atoms with van der Waals surface area (Å²) in [7, 11) is 0. The van der Waals surface area contributed by atoms with Gasteiger partial charge in [-0.05, 0) is 49.6 Å². The van der Waals surface area contributed by atoms with Crippen molar-refractivity contribution in [2.24, 2.45) is 0 Å². The van der Waals surface area contributed by atoms with E-state index < -0.39 is 6.04 Å². The van der Waals surface area contributed by atoms with Crippen molar-refractivity contribution >= 4 is 23.5 Å². The van der Waals surface area contributed by atoms with Crippen LogP contribution in [0.15, 0.2) is 57.9 Å². The number of carbonyl (C=O) groups excluding carboxylic acids is 3. The molecule has 0 radical (unpaired) electrons. The van der Waals surface area contributed by atoms with Gasteiger partial charge in [-0.2, -0.15) is 0 Å². The van der Waals surface area contributed by atoms with Gasteiger partial charge >= 0.3 is 0 Å². The fourth-order valence-electron chi connectivity index (χ4n) is 4.26. The van der Waals surface area contributed by atoms with Crippen molar-refractivity contribution in [3.8, 4) is 0 Å². The van der Waals surface area contributed by atoms with E-state index in [1.54, 1.807) is 49.6 Å². The van der Waals surface area contributed by atoms with Crippen LogP contribution in [0.4, 0.5) is 5.82 Å². The fraction of sp³-hybridized carbons (Fsp3) is 0.400. The zero-order valence-electron chi connectivity index (χ0n) is 19.6. The Morgan fingerprint density at radius 1 is 1.14 bits per heavy atom. The second kappa shape index (κ2) is 11.5. The van der Waals surface area contributed by atoms with E-state index in [0.717, 1.165) is 25.7 Å². The van der Waals surface area contributed by atoms with Crippen molar-refractivity contribution in [3.05, 3.63) is 66.1 Å². The number of carbonyl (C=O) groups is 3. The Morgan fingerprint density at radius 2 is 1.91 bits per heavy atom. The molecular formula is C25H29N5O5. The first-order valence-electron chi connectivity index (χ1n) is 11.7. The van der Waals surface area contributed by atoms with Crippen LogP contribution in [0, 0.1) is 6.92 Å². The lowest BCUT2D eigenvalue weighted by molar-refractivity contribution is -0.142. The van der Waals surface area contributed by atoms with E-state index in [2.05, 4.69) is 20.8 Å². The SMILES string of the molecule is Cc1cc(NC(=O)CCC(=O)N(Cc2ccco2)C(C(=O)NC2CCCC2)c2ccncc2)no1. The first kappa shape index (κ1) is 24.2. The van der Waals surface area contributed by atoms with Gasteiger partial charge in [-0.15, -0.1) is 0 Å². The van der Waals surface area contributed by atoms with Crippen molar-refractivity contribution in [1.82, 2.24) is 20.4 Å². The second-order valence-corrected chi connectivity index (χ2v) is 8.65. The van der Waals surface area contributed by atoms with Gasteiger partial charge in [-0.1, -0.05) is 18.0 Å². The highest BCUT2D eigenvalue weighted by atomic mass is 16.5. The summed E-state index contributed by atoms with van der Waals surface area (Å²) in [5, 5.41) is 9.46. The van der Waals surface area contributed by atoms with E-state index in [-0.39, 0.29) is 49.0 Å². The summed E-state index contributed by atoms with van der Waals surface area (Å²) >= 11 is 0. The average Bonchev–Trinajstić information content (AvgIpc) is 3.62. The number of nitrogens with one attached hydrogen (secondary N) is 2. The zero-order chi connectivity index (χ0) is 24.6. The molecule has 0 bridgehead atoms. The quantitative estimate of drug-likeness (QED) is 0.455. The van der Waals surface area contributed by atoms with Gasteiger partial charge in [0.1, 0.15) is 17.6 Å². The van der Waals surface area contributed by atoms with E-state index in [1.165, 1.54) is 11.2 Å². The Labute approximate surface area is 203 Å². The molecular weight excluding hydrogens is 450 g/mol. The van der Waals surface area contributed by atoms with Crippen molar-refractivity contribution in [2.45, 2.75) is 64.1 Å². The highest BCUT2D eigenvalue weighted by Crippen LogP contribution is 2.26. The number of anilines is 1. The molecule has 0 spiro atoms. The van der Waals surface area contributed by atoms with E-state index >= 15 is 0 Å². The molecule has 1 aliphatic rings. The molecule has 1 unspecified atom stereocenters. The van der Waals surface area contributed by atoms with Crippen LogP contribution in [-0.4, -0.2) is 38.8 Å². The Balaban J connectivity index is 1.53. The molecule has 3 amide bonds. The van der Waals surface area contributed by atoms with Crippen LogP contribution in [0.1, 0.15) is 61.7 Å². The summed E-state index contributed by atoms with van der Waals surface area (Å²) in [6.45, 7) is 1.80. The third kappa shape index (κ3) is 6.56. The summed E-state index contributed by atoms with van der Waals surface area (Å²) in [4.78, 5) is 44.9. The second-order valence-electron chi connectivity index (χ2n) is 8.65. The minimum Gasteiger partial charge on any atom is -0.467 e. The maximum absolute atomic E-state index is 13.5. The molecule has 3 heterocycles. The Morgan fingerprint density at radius 3 is 2.57 bits per heavy atom. The van der Waals surface area contributed by atoms with Crippen LogP contribution in [0.25, 0.3) is 0 Å². The highest BCUT2D eigenvalue weighted by molar-refractivity contribution is 5.94. The van der Waals surface area contributed by atoms with Crippen LogP contribution in [0.2, 0.25) is 0 Å². The molecule has 3 aromatic heterocycles. The Bertz CT molecular complexity index is 1120. The molecule has 0 aromatic carbocycles. The molecule has 1 fully saturated rings. The number of rotatable bonds is 10. The molecule has 3 aromatic rings. The van der Waals surface area contributed by atoms with Gasteiger partial charge in [-0.25, -0.2) is 0 Å². The number of hydrogen-bond acceptors (Lipinski definition) is 7. The van der Waals surface area contributed by atoms with Gasteiger partial charge < -0.3 is 24.5 Å². The van der Waals surface area contributed by atoms with Gasteiger partial charge in [0.05, 0.1) is 12.8 Å². The first-order chi connectivity index (χ1) is 17.0. The maximum Gasteiger partial charge on any atom is 0.247 e. The summed E-state index contributed by atoms with van der Waals surface area (Å²) < 4.78 is 10.4. The molecule has 184 valence electrons. The van der Waals surface area contributed by atoms with E-state index in [4.69, 9.17) is 8.94 Å². The minimum absolute atomic E-state index is 0.0767. The standard InChI is InChI=1S/C25H29N5O5/c1-17-15-21(29-35-17)28-22(31)8-9-23(32)30(16-20-7-4-14-34-20)24(18-10-12-26-13-11-18)25(33)27-19-5-2-3-6-19/h4,7,10-15,19,24H,2-3,5-6,8-9,16H2,1H3,(H,27,33)(H,28,29,31). The third-order valence-electron chi connectivity index (χ3n) is 5.97. The van der Waals surface area contributed by atoms with Crippen molar-refractivity contribution in [1.29, 1.82) is 0 Å². The molecule has 0 aliphatic heterocycles. The molecule has 4 rings (SSSR count). The Kier molecular flexibility index (Phi) is 7.92. The van der Waals surface area contributed by atoms with Gasteiger partial charge in [0.2, 0.25) is 17.7 Å². The first-order valence-corrected chi connectivity index (χ1v) is 11.7. The Hall–Kier alpha value is -3.95. The fourth-order valence-corrected chi connectivity index (χ4v) is 4.26. The lowest BCUT2D eigenvalue weighted by atomic mass is 10.0. The van der Waals surface area contributed by atoms with Gasteiger partial charge in [0, 0.05) is 37.3 Å². The van der Waals surface area contributed by atoms with Crippen LogP contribution in [0.3, 0.4) is 0 Å². The number of nitrogens with zero attached hydrogens (tertiary/aromatic N) is 3. The average molecular weight is 480 g/mol. The number of hydrogen-bond donors (Lipinski definition) is 2. The summed E-state index contributed by atoms with van der Waals surface area (Å²) in [5.41, 5.74) is 0.637. The molecule has 2 N–H and O–H groups in total. The molecule has 1 saturated carbocycles. The van der Waals surface area contributed by atoms with E-state index in [1.807, 2.05) is 0 Å². The van der Waals surface area contributed by atoms with Crippen molar-refractivity contribution < 1.29 is 23.3 Å². The number of aromatic nitrogens is 2. The number of pyridine rings is 1. The van der Waals surface area contributed by atoms with Gasteiger partial charge in [-0.3, -0.25) is 19.4 Å². The predicted molar refractivity (Wildman–Crippen MR) is 126 cm³/mol. The van der Waals surface area contributed by atoms with Gasteiger partial charge in [0.25, 0.3) is 0 Å². The van der Waals surface area contributed by atoms with E-state index in [9.17, 15) is 14.4 Å². The summed E-state index contributed by atoms with van der Waals surface area (Å²) in [6, 6.07) is 7.71. The molecule has 35 heavy (non-hydrogen) atoms. The number of amides is 3. The molecule has 10 nitrogen and oxygen atoms in total. The third-order valence-corrected chi connectivity index (χ3v) is 5.97. The minimum atomic E-state index is -0.891. The van der Waals surface area contributed by atoms with Crippen molar-refractivity contribution in [3.63, 3.8) is 0 Å². The molecule has 10 heteroatoms. The highest BCUT2D eigenvalue weighted by Gasteiger charge is 2.33. The maximum atomic E-state index is 13.5. The number of aryl methyl sites for hydroxylation is 1.